The molecule has 1 aromatic heterocycles. The van der Waals surface area contributed by atoms with E-state index in [0.29, 0.717) is 10.8 Å². The highest BCUT2D eigenvalue weighted by molar-refractivity contribution is 7.99. The van der Waals surface area contributed by atoms with Gasteiger partial charge in [-0.05, 0) is 55.3 Å². The van der Waals surface area contributed by atoms with Crippen LogP contribution in [0.3, 0.4) is 0 Å². The molecule has 0 saturated carbocycles. The maximum atomic E-state index is 12.6. The van der Waals surface area contributed by atoms with Crippen molar-refractivity contribution in [3.63, 3.8) is 0 Å². The number of anilines is 2. The van der Waals surface area contributed by atoms with Crippen molar-refractivity contribution >= 4 is 51.7 Å². The predicted octanol–water partition coefficient (Wildman–Crippen LogP) is 4.37. The molecule has 2 aromatic carbocycles. The maximum absolute atomic E-state index is 12.6. The molecule has 0 aliphatic carbocycles. The number of hydrogen-bond acceptors (Lipinski definition) is 3. The van der Waals surface area contributed by atoms with Gasteiger partial charge in [0.25, 0.3) is 0 Å². The van der Waals surface area contributed by atoms with Gasteiger partial charge in [-0.1, -0.05) is 29.8 Å². The van der Waals surface area contributed by atoms with Gasteiger partial charge in [-0.3, -0.25) is 4.79 Å². The van der Waals surface area contributed by atoms with Gasteiger partial charge in [0.1, 0.15) is 0 Å². The molecule has 28 heavy (non-hydrogen) atoms. The summed E-state index contributed by atoms with van der Waals surface area (Å²) in [4.78, 5) is 18.3. The van der Waals surface area contributed by atoms with E-state index in [2.05, 4.69) is 25.8 Å². The summed E-state index contributed by atoms with van der Waals surface area (Å²) < 4.78 is 2.08. The molecule has 1 amide bonds. The average Bonchev–Trinajstić information content (AvgIpc) is 3.03. The van der Waals surface area contributed by atoms with Crippen LogP contribution in [0.15, 0.2) is 47.6 Å². The number of halogens is 1. The first kappa shape index (κ1) is 19.2. The summed E-state index contributed by atoms with van der Waals surface area (Å²) in [6, 6.07) is 13.8. The lowest BCUT2D eigenvalue weighted by atomic mass is 10.1. The van der Waals surface area contributed by atoms with Gasteiger partial charge in [0.05, 0.1) is 29.2 Å². The van der Waals surface area contributed by atoms with E-state index in [-0.39, 0.29) is 5.91 Å². The first-order chi connectivity index (χ1) is 13.6. The van der Waals surface area contributed by atoms with Crippen LogP contribution in [0.1, 0.15) is 19.3 Å². The number of nitrogens with one attached hydrogen (secondary N) is 2. The molecule has 4 rings (SSSR count). The Morgan fingerprint density at radius 1 is 1.18 bits per heavy atom. The Morgan fingerprint density at radius 2 is 1.96 bits per heavy atom. The van der Waals surface area contributed by atoms with Crippen molar-refractivity contribution in [1.29, 1.82) is 0 Å². The molecule has 1 saturated heterocycles. The Labute approximate surface area is 174 Å². The number of aromatic amines is 1. The van der Waals surface area contributed by atoms with E-state index in [4.69, 9.17) is 11.6 Å². The van der Waals surface area contributed by atoms with Gasteiger partial charge in [-0.15, -0.1) is 0 Å². The Hall–Kier alpha value is -2.18. The molecular weight excluding hydrogens is 392 g/mol. The zero-order valence-corrected chi connectivity index (χ0v) is 17.4. The highest BCUT2D eigenvalue weighted by Crippen LogP contribution is 2.35. The lowest BCUT2D eigenvalue weighted by Crippen LogP contribution is -2.31. The number of rotatable bonds is 5. The fourth-order valence-electron chi connectivity index (χ4n) is 3.69. The van der Waals surface area contributed by atoms with Crippen molar-refractivity contribution in [2.45, 2.75) is 24.4 Å². The van der Waals surface area contributed by atoms with Crippen LogP contribution in [-0.2, 0) is 11.8 Å². The van der Waals surface area contributed by atoms with Crippen molar-refractivity contribution < 1.29 is 9.36 Å². The average molecular weight is 416 g/mol. The monoisotopic (exact) mass is 415 g/mol. The van der Waals surface area contributed by atoms with Crippen LogP contribution < -0.4 is 14.8 Å². The molecule has 146 valence electrons. The number of imidazole rings is 1. The molecule has 7 heteroatoms. The summed E-state index contributed by atoms with van der Waals surface area (Å²) in [5.74, 6) is 0.288. The number of para-hydroxylation sites is 3. The number of benzene rings is 2. The number of aryl methyl sites for hydroxylation is 1. The summed E-state index contributed by atoms with van der Waals surface area (Å²) in [7, 11) is 2.00. The molecule has 0 spiro atoms. The standard InChI is InChI=1S/C21H23ClN4OS/c1-25-18-11-4-3-9-16(18)24-21(25)28-14-19(27)23-17-10-7-8-15(22)20(17)26-12-5-2-6-13-26/h3-4,7-11H,2,5-6,12-14H2,1H3,(H,23,27)/p+1. The van der Waals surface area contributed by atoms with Gasteiger partial charge in [-0.2, -0.15) is 0 Å². The van der Waals surface area contributed by atoms with E-state index in [1.54, 1.807) is 0 Å². The van der Waals surface area contributed by atoms with E-state index in [1.807, 2.05) is 43.4 Å². The Balaban J connectivity index is 1.46. The lowest BCUT2D eigenvalue weighted by molar-refractivity contribution is -0.683. The van der Waals surface area contributed by atoms with Gasteiger partial charge in [-0.25, -0.2) is 9.55 Å². The molecule has 0 radical (unpaired) electrons. The van der Waals surface area contributed by atoms with Gasteiger partial charge in [0, 0.05) is 13.1 Å². The Morgan fingerprint density at radius 3 is 2.75 bits per heavy atom. The first-order valence-electron chi connectivity index (χ1n) is 9.56. The smallest absolute Gasteiger partial charge is 0.317 e. The molecule has 3 aromatic rings. The Kier molecular flexibility index (Phi) is 5.78. The van der Waals surface area contributed by atoms with Crippen LogP contribution in [0.4, 0.5) is 11.4 Å². The summed E-state index contributed by atoms with van der Waals surface area (Å²) in [6.07, 6.45) is 3.57. The molecule has 1 aliphatic rings. The molecule has 5 nitrogen and oxygen atoms in total. The minimum Gasteiger partial charge on any atom is -0.369 e. The van der Waals surface area contributed by atoms with Gasteiger partial charge in [0.15, 0.2) is 11.0 Å². The van der Waals surface area contributed by atoms with Crippen LogP contribution in [0.25, 0.3) is 11.0 Å². The van der Waals surface area contributed by atoms with Crippen LogP contribution in [0.2, 0.25) is 5.02 Å². The fourth-order valence-corrected chi connectivity index (χ4v) is 4.80. The number of amides is 1. The first-order valence-corrected chi connectivity index (χ1v) is 10.9. The minimum atomic E-state index is -0.0378. The third-order valence-corrected chi connectivity index (χ3v) is 6.45. The van der Waals surface area contributed by atoms with Crippen molar-refractivity contribution in [3.05, 3.63) is 47.5 Å². The molecule has 1 aliphatic heterocycles. The number of thioether (sulfide) groups is 1. The molecule has 1 fully saturated rings. The molecular formula is C21H24ClN4OS+. The van der Waals surface area contributed by atoms with E-state index in [9.17, 15) is 4.79 Å². The zero-order valence-electron chi connectivity index (χ0n) is 15.9. The largest absolute Gasteiger partial charge is 0.369 e. The second kappa shape index (κ2) is 8.45. The van der Waals surface area contributed by atoms with Crippen molar-refractivity contribution in [2.75, 3.05) is 29.1 Å². The molecule has 2 heterocycles. The molecule has 0 bridgehead atoms. The summed E-state index contributed by atoms with van der Waals surface area (Å²) in [5, 5.41) is 4.71. The summed E-state index contributed by atoms with van der Waals surface area (Å²) in [6.45, 7) is 1.96. The normalized spacial score (nSPS) is 14.4. The van der Waals surface area contributed by atoms with E-state index in [0.717, 1.165) is 53.5 Å². The predicted molar refractivity (Wildman–Crippen MR) is 116 cm³/mol. The number of carbonyl (C=O) groups is 1. The molecule has 0 atom stereocenters. The Bertz CT molecular complexity index is 997. The van der Waals surface area contributed by atoms with Crippen LogP contribution in [-0.4, -0.2) is 29.7 Å². The highest BCUT2D eigenvalue weighted by atomic mass is 35.5. The quantitative estimate of drug-likeness (QED) is 0.480. The van der Waals surface area contributed by atoms with Crippen molar-refractivity contribution in [2.24, 2.45) is 7.05 Å². The maximum Gasteiger partial charge on any atom is 0.317 e. The topological polar surface area (TPSA) is 52.0 Å². The number of fused-ring (bicyclic) bond motifs is 1. The third kappa shape index (κ3) is 3.98. The van der Waals surface area contributed by atoms with Crippen LogP contribution in [0.5, 0.6) is 0 Å². The number of piperidine rings is 1. The number of hydrogen-bond donors (Lipinski definition) is 2. The second-order valence-corrected chi connectivity index (χ2v) is 8.40. The number of H-pyrrole nitrogens is 1. The van der Waals surface area contributed by atoms with Crippen LogP contribution >= 0.6 is 23.4 Å². The van der Waals surface area contributed by atoms with Crippen LogP contribution in [0, 0.1) is 0 Å². The SMILES string of the molecule is C[n+]1c(SCC(=O)Nc2cccc(Cl)c2N2CCCCC2)[nH]c2ccccc21. The van der Waals surface area contributed by atoms with Gasteiger partial charge >= 0.3 is 5.16 Å². The lowest BCUT2D eigenvalue weighted by Gasteiger charge is -2.31. The molecule has 0 unspecified atom stereocenters. The number of carbonyl (C=O) groups excluding carboxylic acids is 1. The van der Waals surface area contributed by atoms with E-state index < -0.39 is 0 Å². The highest BCUT2D eigenvalue weighted by Gasteiger charge is 2.20. The summed E-state index contributed by atoms with van der Waals surface area (Å²) >= 11 is 7.97. The fraction of sp³-hybridized carbons (Fsp3) is 0.333. The molecule has 2 N–H and O–H groups in total. The van der Waals surface area contributed by atoms with Gasteiger partial charge < -0.3 is 10.2 Å². The third-order valence-electron chi connectivity index (χ3n) is 5.08. The number of aromatic nitrogens is 2. The minimum absolute atomic E-state index is 0.0378. The summed E-state index contributed by atoms with van der Waals surface area (Å²) in [5.41, 5.74) is 3.92. The van der Waals surface area contributed by atoms with Crippen molar-refractivity contribution in [3.8, 4) is 0 Å². The second-order valence-electron chi connectivity index (χ2n) is 7.03. The van der Waals surface area contributed by atoms with E-state index in [1.165, 1.54) is 18.2 Å². The van der Waals surface area contributed by atoms with E-state index >= 15 is 0 Å². The van der Waals surface area contributed by atoms with Crippen molar-refractivity contribution in [1.82, 2.24) is 4.98 Å². The van der Waals surface area contributed by atoms with Gasteiger partial charge in [0.2, 0.25) is 5.91 Å². The number of nitrogens with zero attached hydrogens (tertiary/aromatic N) is 2. The zero-order chi connectivity index (χ0) is 19.5.